The SMILES string of the molecule is CCC(=O)N(C1CCOCC1)C1CCN(S(=O)(=O)c2ccc(Cl)c(C)c2)CC1. The van der Waals surface area contributed by atoms with E-state index in [1.54, 1.807) is 25.1 Å². The monoisotopic (exact) mass is 428 g/mol. The van der Waals surface area contributed by atoms with E-state index < -0.39 is 10.0 Å². The van der Waals surface area contributed by atoms with Crippen LogP contribution in [-0.4, -0.2) is 61.9 Å². The Labute approximate surface area is 172 Å². The molecular formula is C20H29ClN2O4S. The number of ether oxygens (including phenoxy) is 1. The van der Waals surface area contributed by atoms with Crippen molar-refractivity contribution in [3.8, 4) is 0 Å². The highest BCUT2D eigenvalue weighted by Gasteiger charge is 2.36. The van der Waals surface area contributed by atoms with Crippen LogP contribution in [0.3, 0.4) is 0 Å². The highest BCUT2D eigenvalue weighted by molar-refractivity contribution is 7.89. The second-order valence-corrected chi connectivity index (χ2v) is 9.89. The number of rotatable bonds is 5. The number of carbonyl (C=O) groups is 1. The van der Waals surface area contributed by atoms with Gasteiger partial charge in [0.1, 0.15) is 0 Å². The first kappa shape index (κ1) is 21.6. The van der Waals surface area contributed by atoms with Gasteiger partial charge in [-0.2, -0.15) is 4.31 Å². The van der Waals surface area contributed by atoms with Crippen LogP contribution in [0.2, 0.25) is 5.02 Å². The topological polar surface area (TPSA) is 66.9 Å². The number of sulfonamides is 1. The minimum atomic E-state index is -3.55. The fourth-order valence-electron chi connectivity index (χ4n) is 4.14. The molecule has 2 heterocycles. The summed E-state index contributed by atoms with van der Waals surface area (Å²) in [6, 6.07) is 5.11. The summed E-state index contributed by atoms with van der Waals surface area (Å²) in [7, 11) is -3.55. The molecule has 156 valence electrons. The van der Waals surface area contributed by atoms with Crippen LogP contribution in [0.5, 0.6) is 0 Å². The maximum Gasteiger partial charge on any atom is 0.243 e. The van der Waals surface area contributed by atoms with Crippen LogP contribution in [-0.2, 0) is 19.6 Å². The van der Waals surface area contributed by atoms with Crippen LogP contribution < -0.4 is 0 Å². The van der Waals surface area contributed by atoms with Gasteiger partial charge in [0.15, 0.2) is 0 Å². The van der Waals surface area contributed by atoms with E-state index in [1.807, 2.05) is 11.8 Å². The van der Waals surface area contributed by atoms with Crippen LogP contribution in [0, 0.1) is 6.92 Å². The lowest BCUT2D eigenvalue weighted by atomic mass is 9.98. The molecule has 2 saturated heterocycles. The third-order valence-electron chi connectivity index (χ3n) is 5.76. The summed E-state index contributed by atoms with van der Waals surface area (Å²) in [5, 5.41) is 0.558. The maximum atomic E-state index is 13.0. The molecule has 1 aromatic carbocycles. The van der Waals surface area contributed by atoms with E-state index in [0.29, 0.717) is 50.6 Å². The Morgan fingerprint density at radius 1 is 1.18 bits per heavy atom. The second kappa shape index (κ2) is 9.11. The molecule has 2 aliphatic heterocycles. The first-order valence-corrected chi connectivity index (χ1v) is 11.8. The highest BCUT2D eigenvalue weighted by atomic mass is 35.5. The molecule has 0 spiro atoms. The van der Waals surface area contributed by atoms with Gasteiger partial charge in [-0.05, 0) is 56.4 Å². The molecule has 2 aliphatic rings. The van der Waals surface area contributed by atoms with E-state index in [9.17, 15) is 13.2 Å². The average Bonchev–Trinajstić information content (AvgIpc) is 2.71. The third-order valence-corrected chi connectivity index (χ3v) is 8.08. The molecule has 0 unspecified atom stereocenters. The van der Waals surface area contributed by atoms with Crippen LogP contribution in [0.25, 0.3) is 0 Å². The van der Waals surface area contributed by atoms with Gasteiger partial charge in [0, 0.05) is 49.8 Å². The Hall–Kier alpha value is -1.15. The van der Waals surface area contributed by atoms with Gasteiger partial charge in [-0.25, -0.2) is 8.42 Å². The van der Waals surface area contributed by atoms with E-state index in [-0.39, 0.29) is 22.9 Å². The molecule has 0 aliphatic carbocycles. The molecule has 0 bridgehead atoms. The summed E-state index contributed by atoms with van der Waals surface area (Å²) in [5.74, 6) is 0.154. The molecule has 8 heteroatoms. The first-order valence-electron chi connectivity index (χ1n) is 9.99. The molecule has 0 atom stereocenters. The standard InChI is InChI=1S/C20H29ClN2O4S/c1-3-20(24)23(17-8-12-27-13-9-17)16-6-10-22(11-7-16)28(25,26)18-4-5-19(21)15(2)14-18/h4-5,14,16-17H,3,6-13H2,1-2H3. The minimum absolute atomic E-state index is 0.0916. The van der Waals surface area contributed by atoms with Crippen molar-refractivity contribution in [2.75, 3.05) is 26.3 Å². The zero-order valence-electron chi connectivity index (χ0n) is 16.6. The molecule has 6 nitrogen and oxygen atoms in total. The van der Waals surface area contributed by atoms with Gasteiger partial charge in [0.2, 0.25) is 15.9 Å². The molecule has 0 radical (unpaired) electrons. The quantitative estimate of drug-likeness (QED) is 0.722. The molecule has 1 amide bonds. The van der Waals surface area contributed by atoms with Crippen molar-refractivity contribution >= 4 is 27.5 Å². The van der Waals surface area contributed by atoms with Gasteiger partial charge < -0.3 is 9.64 Å². The van der Waals surface area contributed by atoms with Crippen LogP contribution >= 0.6 is 11.6 Å². The van der Waals surface area contributed by atoms with Crippen molar-refractivity contribution in [2.45, 2.75) is 62.9 Å². The van der Waals surface area contributed by atoms with Crippen molar-refractivity contribution < 1.29 is 17.9 Å². The summed E-state index contributed by atoms with van der Waals surface area (Å²) in [6.45, 7) is 5.90. The summed E-state index contributed by atoms with van der Waals surface area (Å²) in [5.41, 5.74) is 0.747. The second-order valence-electron chi connectivity index (χ2n) is 7.54. The number of piperidine rings is 1. The van der Waals surface area contributed by atoms with Crippen molar-refractivity contribution in [3.05, 3.63) is 28.8 Å². The number of halogens is 1. The molecule has 2 fully saturated rings. The number of nitrogens with zero attached hydrogens (tertiary/aromatic N) is 2. The Kier molecular flexibility index (Phi) is 7.02. The normalized spacial score (nSPS) is 20.2. The molecule has 1 aromatic rings. The van der Waals surface area contributed by atoms with E-state index in [2.05, 4.69) is 0 Å². The fourth-order valence-corrected chi connectivity index (χ4v) is 5.81. The highest BCUT2D eigenvalue weighted by Crippen LogP contribution is 2.28. The van der Waals surface area contributed by atoms with E-state index in [1.165, 1.54) is 4.31 Å². The lowest BCUT2D eigenvalue weighted by Gasteiger charge is -2.43. The predicted molar refractivity (Wildman–Crippen MR) is 109 cm³/mol. The van der Waals surface area contributed by atoms with Crippen LogP contribution in [0.1, 0.15) is 44.6 Å². The molecule has 0 N–H and O–H groups in total. The van der Waals surface area contributed by atoms with Gasteiger partial charge >= 0.3 is 0 Å². The average molecular weight is 429 g/mol. The first-order chi connectivity index (χ1) is 13.3. The molecule has 28 heavy (non-hydrogen) atoms. The molecule has 0 saturated carbocycles. The number of benzene rings is 1. The summed E-state index contributed by atoms with van der Waals surface area (Å²) in [4.78, 5) is 14.9. The maximum absolute atomic E-state index is 13.0. The van der Waals surface area contributed by atoms with Crippen LogP contribution in [0.15, 0.2) is 23.1 Å². The van der Waals surface area contributed by atoms with Gasteiger partial charge in [0.25, 0.3) is 0 Å². The van der Waals surface area contributed by atoms with E-state index in [4.69, 9.17) is 16.3 Å². The number of carbonyl (C=O) groups excluding carboxylic acids is 1. The summed E-state index contributed by atoms with van der Waals surface area (Å²) < 4.78 is 33.0. The summed E-state index contributed by atoms with van der Waals surface area (Å²) in [6.07, 6.45) is 3.51. The third kappa shape index (κ3) is 4.53. The van der Waals surface area contributed by atoms with Gasteiger partial charge in [0.05, 0.1) is 4.90 Å². The zero-order chi connectivity index (χ0) is 20.3. The van der Waals surface area contributed by atoms with Crippen molar-refractivity contribution in [2.24, 2.45) is 0 Å². The number of amides is 1. The largest absolute Gasteiger partial charge is 0.381 e. The van der Waals surface area contributed by atoms with Crippen LogP contribution in [0.4, 0.5) is 0 Å². The number of hydrogen-bond acceptors (Lipinski definition) is 4. The van der Waals surface area contributed by atoms with E-state index in [0.717, 1.165) is 18.4 Å². The van der Waals surface area contributed by atoms with Gasteiger partial charge in [-0.3, -0.25) is 4.79 Å². The Balaban J connectivity index is 1.71. The smallest absolute Gasteiger partial charge is 0.243 e. The molecular weight excluding hydrogens is 400 g/mol. The fraction of sp³-hybridized carbons (Fsp3) is 0.650. The number of hydrogen-bond donors (Lipinski definition) is 0. The zero-order valence-corrected chi connectivity index (χ0v) is 18.1. The van der Waals surface area contributed by atoms with Crippen molar-refractivity contribution in [1.82, 2.24) is 9.21 Å². The Morgan fingerprint density at radius 2 is 1.79 bits per heavy atom. The lowest BCUT2D eigenvalue weighted by molar-refractivity contribution is -0.139. The summed E-state index contributed by atoms with van der Waals surface area (Å²) >= 11 is 6.03. The van der Waals surface area contributed by atoms with E-state index >= 15 is 0 Å². The van der Waals surface area contributed by atoms with Crippen molar-refractivity contribution in [3.63, 3.8) is 0 Å². The predicted octanol–water partition coefficient (Wildman–Crippen LogP) is 3.22. The Bertz CT molecular complexity index is 800. The van der Waals surface area contributed by atoms with Gasteiger partial charge in [-0.15, -0.1) is 0 Å². The van der Waals surface area contributed by atoms with Gasteiger partial charge in [-0.1, -0.05) is 18.5 Å². The number of aryl methyl sites for hydroxylation is 1. The molecule has 3 rings (SSSR count). The van der Waals surface area contributed by atoms with Crippen molar-refractivity contribution in [1.29, 1.82) is 0 Å². The Morgan fingerprint density at radius 3 is 2.36 bits per heavy atom. The lowest BCUT2D eigenvalue weighted by Crippen LogP contribution is -2.53. The molecule has 0 aromatic heterocycles. The minimum Gasteiger partial charge on any atom is -0.381 e.